The molecule has 0 aliphatic heterocycles. The summed E-state index contributed by atoms with van der Waals surface area (Å²) in [5.74, 6) is 0. The van der Waals surface area contributed by atoms with Gasteiger partial charge in [-0.05, 0) is 37.8 Å². The number of hydrogen-bond acceptors (Lipinski definition) is 2. The molecule has 1 atom stereocenters. The van der Waals surface area contributed by atoms with Gasteiger partial charge < -0.3 is 5.11 Å². The fraction of sp³-hybridized carbons (Fsp3) is 0.400. The van der Waals surface area contributed by atoms with Crippen molar-refractivity contribution in [2.75, 3.05) is 0 Å². The van der Waals surface area contributed by atoms with Crippen molar-refractivity contribution in [1.82, 2.24) is 9.78 Å². The average molecular weight is 244 g/mol. The predicted octanol–water partition coefficient (Wildman–Crippen LogP) is 2.78. The Labute approximate surface area is 108 Å². The summed E-state index contributed by atoms with van der Waals surface area (Å²) in [4.78, 5) is 0. The third kappa shape index (κ3) is 3.20. The van der Waals surface area contributed by atoms with Crippen molar-refractivity contribution in [3.8, 4) is 0 Å². The number of benzene rings is 1. The number of aliphatic hydroxyl groups is 1. The summed E-state index contributed by atoms with van der Waals surface area (Å²) in [5.41, 5.74) is 3.18. The van der Waals surface area contributed by atoms with Crippen molar-refractivity contribution in [2.45, 2.75) is 32.3 Å². The van der Waals surface area contributed by atoms with Crippen LogP contribution in [0.4, 0.5) is 0 Å². The van der Waals surface area contributed by atoms with Gasteiger partial charge in [-0.15, -0.1) is 0 Å². The van der Waals surface area contributed by atoms with E-state index in [9.17, 15) is 5.11 Å². The second-order valence-corrected chi connectivity index (χ2v) is 4.73. The quantitative estimate of drug-likeness (QED) is 0.878. The molecule has 1 N–H and O–H groups in total. The van der Waals surface area contributed by atoms with Gasteiger partial charge in [0.05, 0.1) is 17.5 Å². The van der Waals surface area contributed by atoms with E-state index in [-0.39, 0.29) is 0 Å². The normalized spacial score (nSPS) is 12.6. The number of rotatable bonds is 5. The van der Waals surface area contributed by atoms with Crippen LogP contribution in [0.1, 0.15) is 35.9 Å². The molecule has 1 aromatic heterocycles. The first-order valence-corrected chi connectivity index (χ1v) is 6.39. The minimum atomic E-state index is -0.417. The van der Waals surface area contributed by atoms with Gasteiger partial charge in [-0.3, -0.25) is 4.68 Å². The molecule has 1 heterocycles. The van der Waals surface area contributed by atoms with E-state index in [4.69, 9.17) is 0 Å². The van der Waals surface area contributed by atoms with Crippen LogP contribution in [-0.2, 0) is 13.5 Å². The van der Waals surface area contributed by atoms with Gasteiger partial charge in [0.1, 0.15) is 0 Å². The molecule has 0 saturated heterocycles. The fourth-order valence-corrected chi connectivity index (χ4v) is 2.23. The Kier molecular flexibility index (Phi) is 4.15. The van der Waals surface area contributed by atoms with Gasteiger partial charge in [-0.1, -0.05) is 30.3 Å². The third-order valence-corrected chi connectivity index (χ3v) is 3.17. The van der Waals surface area contributed by atoms with Crippen LogP contribution in [0.5, 0.6) is 0 Å². The van der Waals surface area contributed by atoms with Crippen molar-refractivity contribution in [2.24, 2.45) is 7.05 Å². The van der Waals surface area contributed by atoms with E-state index in [1.165, 1.54) is 5.56 Å². The highest BCUT2D eigenvalue weighted by Crippen LogP contribution is 2.19. The Bertz CT molecular complexity index is 490. The first-order chi connectivity index (χ1) is 8.66. The lowest BCUT2D eigenvalue weighted by Crippen LogP contribution is -2.05. The predicted molar refractivity (Wildman–Crippen MR) is 72.3 cm³/mol. The molecule has 0 amide bonds. The highest BCUT2D eigenvalue weighted by atomic mass is 16.3. The maximum absolute atomic E-state index is 10.1. The molecule has 2 rings (SSSR count). The van der Waals surface area contributed by atoms with Crippen molar-refractivity contribution in [3.05, 3.63) is 53.3 Å². The summed E-state index contributed by atoms with van der Waals surface area (Å²) in [6.07, 6.45) is 2.35. The molecule has 1 unspecified atom stereocenters. The summed E-state index contributed by atoms with van der Waals surface area (Å²) < 4.78 is 1.77. The number of aryl methyl sites for hydroxylation is 3. The highest BCUT2D eigenvalue weighted by Gasteiger charge is 2.12. The number of aliphatic hydroxyl groups excluding tert-OH is 1. The zero-order valence-corrected chi connectivity index (χ0v) is 11.0. The molecule has 96 valence electrons. The van der Waals surface area contributed by atoms with Crippen molar-refractivity contribution >= 4 is 0 Å². The van der Waals surface area contributed by atoms with Crippen LogP contribution in [0.15, 0.2) is 36.4 Å². The van der Waals surface area contributed by atoms with Crippen LogP contribution in [0.2, 0.25) is 0 Å². The van der Waals surface area contributed by atoms with Crippen LogP contribution in [0, 0.1) is 6.92 Å². The van der Waals surface area contributed by atoms with Crippen LogP contribution in [-0.4, -0.2) is 14.9 Å². The average Bonchev–Trinajstić information content (AvgIpc) is 2.70. The van der Waals surface area contributed by atoms with E-state index in [2.05, 4.69) is 29.4 Å². The maximum atomic E-state index is 10.1. The Morgan fingerprint density at radius 1 is 1.28 bits per heavy atom. The Hall–Kier alpha value is -1.61. The molecule has 0 bridgehead atoms. The lowest BCUT2D eigenvalue weighted by Gasteiger charge is -2.10. The first kappa shape index (κ1) is 12.8. The second-order valence-electron chi connectivity index (χ2n) is 4.73. The van der Waals surface area contributed by atoms with Gasteiger partial charge in [0.2, 0.25) is 0 Å². The SMILES string of the molecule is Cc1cc(C(O)CCCc2ccccc2)n(C)n1. The molecule has 3 heteroatoms. The van der Waals surface area contributed by atoms with Gasteiger partial charge in [-0.2, -0.15) is 5.10 Å². The molecule has 0 aliphatic carbocycles. The van der Waals surface area contributed by atoms with E-state index in [0.717, 1.165) is 30.7 Å². The standard InChI is InChI=1S/C15H20N2O/c1-12-11-14(17(2)16-12)15(18)10-6-9-13-7-4-3-5-8-13/h3-5,7-8,11,15,18H,6,9-10H2,1-2H3. The molecular formula is C15H20N2O. The van der Waals surface area contributed by atoms with E-state index >= 15 is 0 Å². The van der Waals surface area contributed by atoms with E-state index in [0.29, 0.717) is 0 Å². The molecule has 0 saturated carbocycles. The molecule has 0 aliphatic rings. The number of aromatic nitrogens is 2. The number of hydrogen-bond donors (Lipinski definition) is 1. The fourth-order valence-electron chi connectivity index (χ4n) is 2.23. The third-order valence-electron chi connectivity index (χ3n) is 3.17. The molecule has 0 radical (unpaired) electrons. The zero-order chi connectivity index (χ0) is 13.0. The topological polar surface area (TPSA) is 38.0 Å². The molecular weight excluding hydrogens is 224 g/mol. The minimum absolute atomic E-state index is 0.417. The zero-order valence-electron chi connectivity index (χ0n) is 11.0. The maximum Gasteiger partial charge on any atom is 0.0956 e. The molecule has 18 heavy (non-hydrogen) atoms. The monoisotopic (exact) mass is 244 g/mol. The van der Waals surface area contributed by atoms with Crippen molar-refractivity contribution in [1.29, 1.82) is 0 Å². The van der Waals surface area contributed by atoms with E-state index in [1.54, 1.807) is 4.68 Å². The first-order valence-electron chi connectivity index (χ1n) is 6.39. The lowest BCUT2D eigenvalue weighted by atomic mass is 10.0. The summed E-state index contributed by atoms with van der Waals surface area (Å²) in [6.45, 7) is 1.94. The van der Waals surface area contributed by atoms with Crippen LogP contribution in [0.3, 0.4) is 0 Å². The van der Waals surface area contributed by atoms with Crippen LogP contribution >= 0.6 is 0 Å². The van der Waals surface area contributed by atoms with Crippen LogP contribution in [0.25, 0.3) is 0 Å². The van der Waals surface area contributed by atoms with Gasteiger partial charge in [0.15, 0.2) is 0 Å². The molecule has 0 spiro atoms. The van der Waals surface area contributed by atoms with E-state index < -0.39 is 6.10 Å². The summed E-state index contributed by atoms with van der Waals surface area (Å²) >= 11 is 0. The lowest BCUT2D eigenvalue weighted by molar-refractivity contribution is 0.155. The summed E-state index contributed by atoms with van der Waals surface area (Å²) in [7, 11) is 1.88. The Morgan fingerprint density at radius 3 is 2.61 bits per heavy atom. The Morgan fingerprint density at radius 2 is 2.00 bits per heavy atom. The Balaban J connectivity index is 1.85. The van der Waals surface area contributed by atoms with Crippen molar-refractivity contribution in [3.63, 3.8) is 0 Å². The van der Waals surface area contributed by atoms with E-state index in [1.807, 2.05) is 26.1 Å². The number of nitrogens with zero attached hydrogens (tertiary/aromatic N) is 2. The summed E-state index contributed by atoms with van der Waals surface area (Å²) in [5, 5.41) is 14.4. The molecule has 0 fully saturated rings. The van der Waals surface area contributed by atoms with Gasteiger partial charge >= 0.3 is 0 Å². The molecule has 3 nitrogen and oxygen atoms in total. The smallest absolute Gasteiger partial charge is 0.0956 e. The minimum Gasteiger partial charge on any atom is -0.387 e. The second kappa shape index (κ2) is 5.83. The van der Waals surface area contributed by atoms with Gasteiger partial charge in [0, 0.05) is 7.05 Å². The highest BCUT2D eigenvalue weighted by molar-refractivity contribution is 5.15. The van der Waals surface area contributed by atoms with Gasteiger partial charge in [-0.25, -0.2) is 0 Å². The summed E-state index contributed by atoms with van der Waals surface area (Å²) in [6, 6.07) is 12.3. The molecule has 1 aromatic carbocycles. The van der Waals surface area contributed by atoms with Crippen LogP contribution < -0.4 is 0 Å². The van der Waals surface area contributed by atoms with Crippen molar-refractivity contribution < 1.29 is 5.11 Å². The van der Waals surface area contributed by atoms with Gasteiger partial charge in [0.25, 0.3) is 0 Å². The molecule has 2 aromatic rings. The largest absolute Gasteiger partial charge is 0.387 e.